The normalized spacial score (nSPS) is 10.4. The second-order valence-corrected chi connectivity index (χ2v) is 6.28. The molecule has 0 aliphatic rings. The molecule has 1 N–H and O–H groups in total. The van der Waals surface area contributed by atoms with E-state index in [1.807, 2.05) is 26.0 Å². The summed E-state index contributed by atoms with van der Waals surface area (Å²) in [5, 5.41) is 2.71. The van der Waals surface area contributed by atoms with Gasteiger partial charge in [0, 0.05) is 37.9 Å². The van der Waals surface area contributed by atoms with Gasteiger partial charge in [0.05, 0.1) is 0 Å². The van der Waals surface area contributed by atoms with Gasteiger partial charge in [0.1, 0.15) is 5.82 Å². The average molecular weight is 379 g/mol. The zero-order chi connectivity index (χ0) is 16.9. The fourth-order valence-electron chi connectivity index (χ4n) is 2.74. The Kier molecular flexibility index (Phi) is 12.1. The fourth-order valence-corrected chi connectivity index (χ4v) is 2.74. The third-order valence-corrected chi connectivity index (χ3v) is 3.73. The SMILES string of the molecule is CNC(=O)N(CCN(C(C)C)C(C)C)c1cc(C)cc(C)n1.Cl.Cl. The predicted molar refractivity (Wildman–Crippen MR) is 107 cm³/mol. The van der Waals surface area contributed by atoms with Gasteiger partial charge in [-0.05, 0) is 59.2 Å². The van der Waals surface area contributed by atoms with Gasteiger partial charge in [0.15, 0.2) is 0 Å². The van der Waals surface area contributed by atoms with Crippen LogP contribution in [0.5, 0.6) is 0 Å². The minimum absolute atomic E-state index is 0. The number of rotatable bonds is 6. The summed E-state index contributed by atoms with van der Waals surface area (Å²) in [4.78, 5) is 20.9. The highest BCUT2D eigenvalue weighted by molar-refractivity contribution is 5.90. The largest absolute Gasteiger partial charge is 0.341 e. The molecule has 0 saturated carbocycles. The quantitative estimate of drug-likeness (QED) is 0.818. The van der Waals surface area contributed by atoms with Gasteiger partial charge in [-0.2, -0.15) is 0 Å². The van der Waals surface area contributed by atoms with Crippen molar-refractivity contribution in [1.29, 1.82) is 0 Å². The Balaban J connectivity index is 0. The van der Waals surface area contributed by atoms with Crippen molar-refractivity contribution in [1.82, 2.24) is 15.2 Å². The summed E-state index contributed by atoms with van der Waals surface area (Å²) in [5.41, 5.74) is 2.04. The van der Waals surface area contributed by atoms with Crippen molar-refractivity contribution in [3.63, 3.8) is 0 Å². The number of urea groups is 1. The Bertz CT molecular complexity index is 481. The molecule has 7 heteroatoms. The molecule has 0 fully saturated rings. The molecule has 0 bridgehead atoms. The van der Waals surface area contributed by atoms with Crippen LogP contribution in [0, 0.1) is 13.8 Å². The van der Waals surface area contributed by atoms with Crippen molar-refractivity contribution in [2.75, 3.05) is 25.0 Å². The fraction of sp³-hybridized carbons (Fsp3) is 0.647. The van der Waals surface area contributed by atoms with Gasteiger partial charge in [-0.1, -0.05) is 0 Å². The van der Waals surface area contributed by atoms with Crippen molar-refractivity contribution in [2.24, 2.45) is 0 Å². The molecule has 1 aromatic heterocycles. The van der Waals surface area contributed by atoms with Crippen molar-refractivity contribution < 1.29 is 4.79 Å². The molecule has 5 nitrogen and oxygen atoms in total. The Hall–Kier alpha value is -1.04. The second kappa shape index (κ2) is 11.5. The first kappa shape index (κ1) is 25.2. The lowest BCUT2D eigenvalue weighted by Gasteiger charge is -2.32. The van der Waals surface area contributed by atoms with Crippen LogP contribution in [0.15, 0.2) is 12.1 Å². The molecule has 0 radical (unpaired) electrons. The Labute approximate surface area is 159 Å². The third kappa shape index (κ3) is 7.24. The Morgan fingerprint density at radius 3 is 2.04 bits per heavy atom. The molecule has 0 spiro atoms. The Morgan fingerprint density at radius 2 is 1.62 bits per heavy atom. The zero-order valence-corrected chi connectivity index (χ0v) is 17.4. The zero-order valence-electron chi connectivity index (χ0n) is 15.8. The van der Waals surface area contributed by atoms with E-state index in [1.165, 1.54) is 0 Å². The average Bonchev–Trinajstić information content (AvgIpc) is 2.40. The number of nitrogens with zero attached hydrogens (tertiary/aromatic N) is 3. The lowest BCUT2D eigenvalue weighted by Crippen LogP contribution is -2.46. The van der Waals surface area contributed by atoms with Crippen LogP contribution < -0.4 is 10.2 Å². The van der Waals surface area contributed by atoms with E-state index < -0.39 is 0 Å². The maximum atomic E-state index is 12.2. The van der Waals surface area contributed by atoms with Crippen LogP contribution in [-0.4, -0.2) is 48.1 Å². The van der Waals surface area contributed by atoms with E-state index in [9.17, 15) is 4.79 Å². The van der Waals surface area contributed by atoms with Gasteiger partial charge in [0.25, 0.3) is 0 Å². The highest BCUT2D eigenvalue weighted by Crippen LogP contribution is 2.15. The summed E-state index contributed by atoms with van der Waals surface area (Å²) in [5.74, 6) is 0.712. The minimum atomic E-state index is -0.120. The van der Waals surface area contributed by atoms with E-state index in [0.29, 0.717) is 24.4 Å². The minimum Gasteiger partial charge on any atom is -0.341 e. The number of pyridine rings is 1. The lowest BCUT2D eigenvalue weighted by atomic mass is 10.2. The maximum absolute atomic E-state index is 12.2. The second-order valence-electron chi connectivity index (χ2n) is 6.28. The molecule has 1 rings (SSSR count). The maximum Gasteiger partial charge on any atom is 0.322 e. The highest BCUT2D eigenvalue weighted by Gasteiger charge is 2.20. The third-order valence-electron chi connectivity index (χ3n) is 3.73. The summed E-state index contributed by atoms with van der Waals surface area (Å²) in [6.45, 7) is 14.1. The molecular weight excluding hydrogens is 347 g/mol. The summed E-state index contributed by atoms with van der Waals surface area (Å²) in [7, 11) is 1.65. The smallest absolute Gasteiger partial charge is 0.322 e. The van der Waals surface area contributed by atoms with Crippen LogP contribution in [0.4, 0.5) is 10.6 Å². The van der Waals surface area contributed by atoms with E-state index in [-0.39, 0.29) is 30.8 Å². The van der Waals surface area contributed by atoms with Crippen LogP contribution in [0.3, 0.4) is 0 Å². The number of anilines is 1. The van der Waals surface area contributed by atoms with E-state index in [0.717, 1.165) is 17.8 Å². The van der Waals surface area contributed by atoms with Crippen molar-refractivity contribution in [2.45, 2.75) is 53.6 Å². The summed E-state index contributed by atoms with van der Waals surface area (Å²) in [6, 6.07) is 4.74. The number of halogens is 2. The molecule has 2 amide bonds. The van der Waals surface area contributed by atoms with Gasteiger partial charge in [-0.15, -0.1) is 24.8 Å². The molecular formula is C17H32Cl2N4O. The van der Waals surface area contributed by atoms with Crippen molar-refractivity contribution >= 4 is 36.7 Å². The van der Waals surface area contributed by atoms with Crippen molar-refractivity contribution in [3.8, 4) is 0 Å². The highest BCUT2D eigenvalue weighted by atomic mass is 35.5. The van der Waals surface area contributed by atoms with Gasteiger partial charge in [-0.3, -0.25) is 9.80 Å². The molecule has 1 aromatic rings. The van der Waals surface area contributed by atoms with Crippen LogP contribution in [-0.2, 0) is 0 Å². The van der Waals surface area contributed by atoms with Crippen molar-refractivity contribution in [3.05, 3.63) is 23.4 Å². The number of carbonyl (C=O) groups excluding carboxylic acids is 1. The first-order valence-corrected chi connectivity index (χ1v) is 7.96. The Morgan fingerprint density at radius 1 is 1.08 bits per heavy atom. The summed E-state index contributed by atoms with van der Waals surface area (Å²) < 4.78 is 0. The number of aryl methyl sites for hydroxylation is 2. The summed E-state index contributed by atoms with van der Waals surface area (Å²) in [6.07, 6.45) is 0. The number of hydrogen-bond donors (Lipinski definition) is 1. The summed E-state index contributed by atoms with van der Waals surface area (Å²) >= 11 is 0. The number of hydrogen-bond acceptors (Lipinski definition) is 3. The number of carbonyl (C=O) groups is 1. The lowest BCUT2D eigenvalue weighted by molar-refractivity contribution is 0.179. The molecule has 0 aromatic carbocycles. The number of amides is 2. The van der Waals surface area contributed by atoms with Gasteiger partial charge >= 0.3 is 6.03 Å². The predicted octanol–water partition coefficient (Wildman–Crippen LogP) is 3.81. The standard InChI is InChI=1S/C17H30N4O.2ClH/c1-12(2)20(13(3)4)8-9-21(17(22)18-7)16-11-14(5)10-15(6)19-16;;/h10-13H,8-9H2,1-7H3,(H,18,22);2*1H. The molecule has 0 atom stereocenters. The molecule has 1 heterocycles. The molecule has 140 valence electrons. The van der Waals surface area contributed by atoms with Crippen LogP contribution in [0.1, 0.15) is 39.0 Å². The topological polar surface area (TPSA) is 48.5 Å². The molecule has 0 aliphatic heterocycles. The monoisotopic (exact) mass is 378 g/mol. The van der Waals surface area contributed by atoms with E-state index in [2.05, 4.69) is 42.9 Å². The molecule has 0 unspecified atom stereocenters. The van der Waals surface area contributed by atoms with Gasteiger partial charge in [-0.25, -0.2) is 9.78 Å². The van der Waals surface area contributed by atoms with Crippen LogP contribution in [0.25, 0.3) is 0 Å². The van der Waals surface area contributed by atoms with Gasteiger partial charge in [0.2, 0.25) is 0 Å². The molecule has 24 heavy (non-hydrogen) atoms. The number of aromatic nitrogens is 1. The first-order valence-electron chi connectivity index (χ1n) is 7.96. The first-order chi connectivity index (χ1) is 10.3. The van der Waals surface area contributed by atoms with Gasteiger partial charge < -0.3 is 5.32 Å². The molecule has 0 saturated heterocycles. The van der Waals surface area contributed by atoms with E-state index in [4.69, 9.17) is 0 Å². The molecule has 0 aliphatic carbocycles. The van der Waals surface area contributed by atoms with E-state index in [1.54, 1.807) is 11.9 Å². The van der Waals surface area contributed by atoms with Crippen LogP contribution >= 0.6 is 24.8 Å². The number of nitrogens with one attached hydrogen (secondary N) is 1. The van der Waals surface area contributed by atoms with E-state index >= 15 is 0 Å². The van der Waals surface area contributed by atoms with Crippen LogP contribution in [0.2, 0.25) is 0 Å².